The Kier molecular flexibility index (Phi) is 8.62. The van der Waals surface area contributed by atoms with Gasteiger partial charge in [0.25, 0.3) is 5.91 Å². The Hall–Kier alpha value is -3.57. The van der Waals surface area contributed by atoms with Gasteiger partial charge in [-0.15, -0.1) is 0 Å². The number of amides is 1. The normalized spacial score (nSPS) is 12.3. The number of alkyl halides is 1. The molecular weight excluding hydrogens is 446 g/mol. The second kappa shape index (κ2) is 11.2. The number of hydrogen-bond acceptors (Lipinski definition) is 5. The van der Waals surface area contributed by atoms with Gasteiger partial charge in [0.1, 0.15) is 18.1 Å². The maximum absolute atomic E-state index is 13.6. The summed E-state index contributed by atoms with van der Waals surface area (Å²) in [4.78, 5) is 28.5. The number of rotatable bonds is 9. The van der Waals surface area contributed by atoms with E-state index < -0.39 is 65.1 Å². The summed E-state index contributed by atoms with van der Waals surface area (Å²) in [5, 5.41) is 4.78. The predicted octanol–water partition coefficient (Wildman–Crippen LogP) is 4.30. The molecule has 6 nitrogen and oxygen atoms in total. The topological polar surface area (TPSA) is 77.0 Å². The number of nitrogens with zero attached hydrogens (tertiary/aromatic N) is 1. The molecule has 0 aromatic heterocycles. The minimum Gasteiger partial charge on any atom is -0.462 e. The van der Waals surface area contributed by atoms with Gasteiger partial charge in [0.2, 0.25) is 5.82 Å². The van der Waals surface area contributed by atoms with E-state index in [9.17, 15) is 35.9 Å². The molecule has 2 rings (SSSR count). The Balaban J connectivity index is 1.94. The lowest BCUT2D eigenvalue weighted by atomic mass is 10.2. The quantitative estimate of drug-likeness (QED) is 0.151. The zero-order valence-corrected chi connectivity index (χ0v) is 16.4. The highest BCUT2D eigenvalue weighted by Gasteiger charge is 2.27. The van der Waals surface area contributed by atoms with Crippen LogP contribution in [0.5, 0.6) is 0 Å². The Bertz CT molecular complexity index is 988. The molecular formula is C20H16F6N2O4. The van der Waals surface area contributed by atoms with Gasteiger partial charge in [-0.1, -0.05) is 23.4 Å². The first-order chi connectivity index (χ1) is 15.2. The fourth-order valence-electron chi connectivity index (χ4n) is 2.21. The second-order valence-corrected chi connectivity index (χ2v) is 6.25. The number of hydrogen-bond donors (Lipinski definition) is 1. The largest absolute Gasteiger partial charge is 0.462 e. The summed E-state index contributed by atoms with van der Waals surface area (Å²) in [7, 11) is 0. The number of nitrogens with one attached hydrogen (secondary N) is 1. The van der Waals surface area contributed by atoms with Crippen LogP contribution in [0.4, 0.5) is 32.0 Å². The third-order valence-corrected chi connectivity index (χ3v) is 3.97. The first-order valence-electron chi connectivity index (χ1n) is 8.98. The molecule has 0 aliphatic heterocycles. The maximum Gasteiger partial charge on any atom is 0.338 e. The van der Waals surface area contributed by atoms with Gasteiger partial charge in [0, 0.05) is 6.42 Å². The number of benzene rings is 2. The molecule has 0 saturated carbocycles. The first-order valence-corrected chi connectivity index (χ1v) is 8.98. The molecule has 1 atom stereocenters. The lowest BCUT2D eigenvalue weighted by Crippen LogP contribution is -2.24. The Labute approximate surface area is 177 Å². The molecule has 0 heterocycles. The fourth-order valence-corrected chi connectivity index (χ4v) is 2.21. The van der Waals surface area contributed by atoms with E-state index in [1.54, 1.807) is 18.2 Å². The molecule has 1 amide bonds. The van der Waals surface area contributed by atoms with Gasteiger partial charge in [-0.05, 0) is 19.1 Å². The van der Waals surface area contributed by atoms with E-state index >= 15 is 0 Å². The van der Waals surface area contributed by atoms with Crippen molar-refractivity contribution in [2.75, 3.05) is 18.6 Å². The minimum atomic E-state index is -2.38. The average molecular weight is 462 g/mol. The summed E-state index contributed by atoms with van der Waals surface area (Å²) < 4.78 is 84.7. The summed E-state index contributed by atoms with van der Waals surface area (Å²) in [6, 6.07) is 7.98. The van der Waals surface area contributed by atoms with E-state index in [1.165, 1.54) is 17.4 Å². The Morgan fingerprint density at radius 1 is 0.969 bits per heavy atom. The van der Waals surface area contributed by atoms with Crippen LogP contribution in [0.15, 0.2) is 35.5 Å². The molecule has 172 valence electrons. The number of halogens is 6. The Morgan fingerprint density at radius 3 is 2.09 bits per heavy atom. The smallest absolute Gasteiger partial charge is 0.338 e. The van der Waals surface area contributed by atoms with Gasteiger partial charge < -0.3 is 14.9 Å². The van der Waals surface area contributed by atoms with Crippen molar-refractivity contribution in [3.05, 3.63) is 65.0 Å². The van der Waals surface area contributed by atoms with Crippen LogP contribution in [-0.4, -0.2) is 37.0 Å². The molecule has 1 unspecified atom stereocenters. The van der Waals surface area contributed by atoms with E-state index in [0.717, 1.165) is 6.92 Å². The van der Waals surface area contributed by atoms with Gasteiger partial charge >= 0.3 is 5.97 Å². The predicted molar refractivity (Wildman–Crippen MR) is 100 cm³/mol. The third kappa shape index (κ3) is 5.99. The standard InChI is InChI=1S/C20H16F6N2O4/c1-10(19(29)27-18-16(25)14(23)13(22)15(24)17(18)26)28-32-12(9-21)7-8-31-20(30)11-5-3-2-4-6-11/h2-6,12H,7-9H2,1H3,(H,27,29)/b28-10-. The van der Waals surface area contributed by atoms with Crippen molar-refractivity contribution in [2.24, 2.45) is 5.16 Å². The highest BCUT2D eigenvalue weighted by atomic mass is 19.2. The van der Waals surface area contributed by atoms with E-state index in [-0.39, 0.29) is 18.6 Å². The number of carbonyl (C=O) groups is 2. The highest BCUT2D eigenvalue weighted by Crippen LogP contribution is 2.27. The molecule has 0 aliphatic rings. The minimum absolute atomic E-state index is 0.148. The van der Waals surface area contributed by atoms with E-state index in [2.05, 4.69) is 5.16 Å². The number of ether oxygens (including phenoxy) is 1. The van der Waals surface area contributed by atoms with Crippen LogP contribution < -0.4 is 5.32 Å². The molecule has 32 heavy (non-hydrogen) atoms. The van der Waals surface area contributed by atoms with Crippen LogP contribution in [0, 0.1) is 29.1 Å². The summed E-state index contributed by atoms with van der Waals surface area (Å²) in [5.74, 6) is -13.4. The number of esters is 1. The maximum atomic E-state index is 13.6. The van der Waals surface area contributed by atoms with Crippen molar-refractivity contribution < 1.29 is 45.5 Å². The molecule has 0 radical (unpaired) electrons. The molecule has 1 N–H and O–H groups in total. The van der Waals surface area contributed by atoms with Crippen LogP contribution in [0.2, 0.25) is 0 Å². The van der Waals surface area contributed by atoms with Crippen molar-refractivity contribution in [3.8, 4) is 0 Å². The second-order valence-electron chi connectivity index (χ2n) is 6.25. The summed E-state index contributed by atoms with van der Waals surface area (Å²) in [6.07, 6.45) is -1.39. The molecule has 2 aromatic carbocycles. The van der Waals surface area contributed by atoms with Gasteiger partial charge in [0.15, 0.2) is 29.4 Å². The molecule has 0 spiro atoms. The lowest BCUT2D eigenvalue weighted by molar-refractivity contribution is -0.110. The van der Waals surface area contributed by atoms with Crippen LogP contribution in [0.25, 0.3) is 0 Å². The lowest BCUT2D eigenvalue weighted by Gasteiger charge is -2.13. The van der Waals surface area contributed by atoms with Gasteiger partial charge in [-0.2, -0.15) is 0 Å². The molecule has 0 aliphatic carbocycles. The van der Waals surface area contributed by atoms with Gasteiger partial charge in [0.05, 0.1) is 12.2 Å². The Morgan fingerprint density at radius 2 is 1.53 bits per heavy atom. The van der Waals surface area contributed by atoms with Crippen LogP contribution in [-0.2, 0) is 14.4 Å². The molecule has 0 bridgehead atoms. The molecule has 2 aromatic rings. The monoisotopic (exact) mass is 462 g/mol. The van der Waals surface area contributed by atoms with Crippen molar-refractivity contribution in [3.63, 3.8) is 0 Å². The van der Waals surface area contributed by atoms with Crippen molar-refractivity contribution in [1.82, 2.24) is 0 Å². The van der Waals surface area contributed by atoms with Gasteiger partial charge in [-0.3, -0.25) is 4.79 Å². The summed E-state index contributed by atoms with van der Waals surface area (Å²) in [5.41, 5.74) is -1.90. The third-order valence-electron chi connectivity index (χ3n) is 3.97. The highest BCUT2D eigenvalue weighted by molar-refractivity contribution is 6.42. The van der Waals surface area contributed by atoms with Crippen molar-refractivity contribution >= 4 is 23.3 Å². The van der Waals surface area contributed by atoms with E-state index in [4.69, 9.17) is 9.57 Å². The van der Waals surface area contributed by atoms with Crippen LogP contribution >= 0.6 is 0 Å². The SMILES string of the molecule is C/C(=N/OC(CF)CCOC(=O)c1ccccc1)C(=O)Nc1c(F)c(F)c(F)c(F)c1F. The average Bonchev–Trinajstić information content (AvgIpc) is 2.81. The van der Waals surface area contributed by atoms with Crippen LogP contribution in [0.3, 0.4) is 0 Å². The van der Waals surface area contributed by atoms with Crippen molar-refractivity contribution in [1.29, 1.82) is 0 Å². The van der Waals surface area contributed by atoms with Crippen LogP contribution in [0.1, 0.15) is 23.7 Å². The summed E-state index contributed by atoms with van der Waals surface area (Å²) in [6.45, 7) is -0.335. The zero-order valence-electron chi connectivity index (χ0n) is 16.4. The number of oxime groups is 1. The zero-order chi connectivity index (χ0) is 23.8. The first kappa shape index (κ1) is 24.7. The number of anilines is 1. The van der Waals surface area contributed by atoms with Gasteiger partial charge in [-0.25, -0.2) is 31.1 Å². The fraction of sp³-hybridized carbons (Fsp3) is 0.250. The van der Waals surface area contributed by atoms with E-state index in [1.807, 2.05) is 0 Å². The molecule has 0 fully saturated rings. The van der Waals surface area contributed by atoms with E-state index in [0.29, 0.717) is 0 Å². The molecule has 12 heteroatoms. The van der Waals surface area contributed by atoms with Crippen molar-refractivity contribution in [2.45, 2.75) is 19.4 Å². The number of carbonyl (C=O) groups excluding carboxylic acids is 2. The summed E-state index contributed by atoms with van der Waals surface area (Å²) >= 11 is 0. The molecule has 0 saturated heterocycles.